The Morgan fingerprint density at radius 2 is 1.95 bits per heavy atom. The molecule has 116 valence electrons. The number of Topliss-reactive ketones (excluding diaryl/α,β-unsaturated/α-hetero) is 1. The van der Waals surface area contributed by atoms with Crippen molar-refractivity contribution >= 4 is 21.5 Å². The van der Waals surface area contributed by atoms with E-state index in [1.54, 1.807) is 31.2 Å². The summed E-state index contributed by atoms with van der Waals surface area (Å²) in [7, 11) is -1.98. The molecule has 1 fully saturated rings. The predicted octanol–water partition coefficient (Wildman–Crippen LogP) is 2.45. The third kappa shape index (κ3) is 4.28. The molecule has 1 aromatic rings. The molecule has 0 spiro atoms. The molecule has 1 saturated carbocycles. The maximum absolute atomic E-state index is 12.1. The predicted molar refractivity (Wildman–Crippen MR) is 82.0 cm³/mol. The number of benzene rings is 1. The first-order valence-corrected chi connectivity index (χ1v) is 8.74. The fourth-order valence-corrected chi connectivity index (χ4v) is 3.54. The van der Waals surface area contributed by atoms with Crippen molar-refractivity contribution in [3.8, 4) is 0 Å². The van der Waals surface area contributed by atoms with Crippen LogP contribution in [0.3, 0.4) is 0 Å². The lowest BCUT2D eigenvalue weighted by Crippen LogP contribution is -2.25. The fourth-order valence-electron chi connectivity index (χ4n) is 2.21. The third-order valence-corrected chi connectivity index (χ3v) is 5.23. The van der Waals surface area contributed by atoms with Gasteiger partial charge in [0.2, 0.25) is 10.0 Å². The molecule has 1 unspecified atom stereocenters. The van der Waals surface area contributed by atoms with Gasteiger partial charge in [0, 0.05) is 24.3 Å². The summed E-state index contributed by atoms with van der Waals surface area (Å²) in [6.07, 6.45) is 2.66. The van der Waals surface area contributed by atoms with E-state index in [-0.39, 0.29) is 23.6 Å². The molecule has 1 aromatic carbocycles. The Morgan fingerprint density at radius 3 is 2.43 bits per heavy atom. The van der Waals surface area contributed by atoms with Gasteiger partial charge in [-0.05, 0) is 44.0 Å². The molecule has 1 aliphatic carbocycles. The molecule has 1 aliphatic rings. The van der Waals surface area contributed by atoms with Gasteiger partial charge in [-0.25, -0.2) is 8.42 Å². The van der Waals surface area contributed by atoms with E-state index in [1.165, 1.54) is 7.11 Å². The smallest absolute Gasteiger partial charge is 0.235 e. The number of anilines is 1. The first kappa shape index (κ1) is 16.0. The van der Waals surface area contributed by atoms with Crippen molar-refractivity contribution in [1.29, 1.82) is 0 Å². The first-order chi connectivity index (χ1) is 9.91. The first-order valence-electron chi connectivity index (χ1n) is 7.09. The second-order valence-electron chi connectivity index (χ2n) is 5.50. The van der Waals surface area contributed by atoms with E-state index in [9.17, 15) is 13.2 Å². The Bertz CT molecular complexity index is 591. The number of methoxy groups -OCH3 is 1. The minimum absolute atomic E-state index is 0.105. The lowest BCUT2D eigenvalue weighted by Gasteiger charge is -2.23. The SMILES string of the molecule is COC(C)CS(=O)(=O)Nc1ccc(C(=O)C2CCC2)cc1. The molecule has 1 N–H and O–H groups in total. The van der Waals surface area contributed by atoms with Crippen LogP contribution in [0.25, 0.3) is 0 Å². The zero-order valence-corrected chi connectivity index (χ0v) is 13.2. The van der Waals surface area contributed by atoms with Crippen LogP contribution in [0.4, 0.5) is 5.69 Å². The summed E-state index contributed by atoms with van der Waals surface area (Å²) in [5, 5.41) is 0. The second-order valence-corrected chi connectivity index (χ2v) is 7.27. The van der Waals surface area contributed by atoms with Gasteiger partial charge in [0.05, 0.1) is 11.9 Å². The molecule has 6 heteroatoms. The van der Waals surface area contributed by atoms with Crippen molar-refractivity contribution < 1.29 is 17.9 Å². The maximum atomic E-state index is 12.1. The number of rotatable bonds is 7. The number of nitrogens with one attached hydrogen (secondary N) is 1. The Balaban J connectivity index is 2.00. The van der Waals surface area contributed by atoms with Gasteiger partial charge in [0.25, 0.3) is 0 Å². The lowest BCUT2D eigenvalue weighted by molar-refractivity contribution is 0.0855. The Labute approximate surface area is 125 Å². The van der Waals surface area contributed by atoms with Crippen molar-refractivity contribution in [3.05, 3.63) is 29.8 Å². The zero-order chi connectivity index (χ0) is 15.5. The van der Waals surface area contributed by atoms with Crippen molar-refractivity contribution in [1.82, 2.24) is 0 Å². The molecule has 0 heterocycles. The van der Waals surface area contributed by atoms with E-state index < -0.39 is 10.0 Å². The molecule has 5 nitrogen and oxygen atoms in total. The number of ketones is 1. The molecule has 0 bridgehead atoms. The highest BCUT2D eigenvalue weighted by Crippen LogP contribution is 2.30. The molecule has 2 rings (SSSR count). The number of carbonyl (C=O) groups is 1. The van der Waals surface area contributed by atoms with E-state index >= 15 is 0 Å². The van der Waals surface area contributed by atoms with Gasteiger partial charge < -0.3 is 4.74 Å². The van der Waals surface area contributed by atoms with Crippen LogP contribution in [0.5, 0.6) is 0 Å². The van der Waals surface area contributed by atoms with Gasteiger partial charge in [-0.15, -0.1) is 0 Å². The highest BCUT2D eigenvalue weighted by molar-refractivity contribution is 7.92. The number of sulfonamides is 1. The van der Waals surface area contributed by atoms with Crippen LogP contribution in [-0.4, -0.2) is 33.2 Å². The highest BCUT2D eigenvalue weighted by Gasteiger charge is 2.26. The normalized spacial score (nSPS) is 17.0. The van der Waals surface area contributed by atoms with E-state index in [1.807, 2.05) is 0 Å². The number of carbonyl (C=O) groups excluding carboxylic acids is 1. The van der Waals surface area contributed by atoms with Crippen molar-refractivity contribution in [3.63, 3.8) is 0 Å². The summed E-state index contributed by atoms with van der Waals surface area (Å²) < 4.78 is 31.2. The van der Waals surface area contributed by atoms with Crippen LogP contribution >= 0.6 is 0 Å². The van der Waals surface area contributed by atoms with Crippen LogP contribution < -0.4 is 4.72 Å². The molecule has 1 atom stereocenters. The monoisotopic (exact) mass is 311 g/mol. The van der Waals surface area contributed by atoms with Gasteiger partial charge in [0.1, 0.15) is 0 Å². The fraction of sp³-hybridized carbons (Fsp3) is 0.533. The second kappa shape index (κ2) is 6.58. The summed E-state index contributed by atoms with van der Waals surface area (Å²) in [5.41, 5.74) is 1.11. The topological polar surface area (TPSA) is 72.5 Å². The molecule has 0 radical (unpaired) electrons. The summed E-state index contributed by atoms with van der Waals surface area (Å²) >= 11 is 0. The van der Waals surface area contributed by atoms with Crippen LogP contribution in [0.15, 0.2) is 24.3 Å². The lowest BCUT2D eigenvalue weighted by atomic mass is 9.80. The molecular weight excluding hydrogens is 290 g/mol. The average molecular weight is 311 g/mol. The van der Waals surface area contributed by atoms with Crippen LogP contribution in [0, 0.1) is 5.92 Å². The number of hydrogen-bond donors (Lipinski definition) is 1. The summed E-state index contributed by atoms with van der Waals surface area (Å²) in [5.74, 6) is 0.199. The van der Waals surface area contributed by atoms with Gasteiger partial charge in [-0.2, -0.15) is 0 Å². The summed E-state index contributed by atoms with van der Waals surface area (Å²) in [6, 6.07) is 6.61. The van der Waals surface area contributed by atoms with E-state index in [4.69, 9.17) is 4.74 Å². The van der Waals surface area contributed by atoms with Crippen LogP contribution in [-0.2, 0) is 14.8 Å². The average Bonchev–Trinajstić information content (AvgIpc) is 2.36. The Hall–Kier alpha value is -1.40. The van der Waals surface area contributed by atoms with Crippen molar-refractivity contribution in [2.75, 3.05) is 17.6 Å². The maximum Gasteiger partial charge on any atom is 0.235 e. The van der Waals surface area contributed by atoms with Gasteiger partial charge in [-0.3, -0.25) is 9.52 Å². The van der Waals surface area contributed by atoms with Crippen LogP contribution in [0.2, 0.25) is 0 Å². The quantitative estimate of drug-likeness (QED) is 0.785. The zero-order valence-electron chi connectivity index (χ0n) is 12.3. The minimum Gasteiger partial charge on any atom is -0.381 e. The minimum atomic E-state index is -3.45. The molecule has 0 amide bonds. The van der Waals surface area contributed by atoms with E-state index in [0.717, 1.165) is 19.3 Å². The number of ether oxygens (including phenoxy) is 1. The van der Waals surface area contributed by atoms with Gasteiger partial charge in [0.15, 0.2) is 5.78 Å². The van der Waals surface area contributed by atoms with E-state index in [0.29, 0.717) is 11.3 Å². The molecule has 0 saturated heterocycles. The largest absolute Gasteiger partial charge is 0.381 e. The van der Waals surface area contributed by atoms with Gasteiger partial charge >= 0.3 is 0 Å². The summed E-state index contributed by atoms with van der Waals surface area (Å²) in [6.45, 7) is 1.69. The van der Waals surface area contributed by atoms with Gasteiger partial charge in [-0.1, -0.05) is 6.42 Å². The van der Waals surface area contributed by atoms with Crippen molar-refractivity contribution in [2.24, 2.45) is 5.92 Å². The standard InChI is InChI=1S/C15H21NO4S/c1-11(20-2)10-21(18,19)16-14-8-6-13(7-9-14)15(17)12-4-3-5-12/h6-9,11-12,16H,3-5,10H2,1-2H3. The van der Waals surface area contributed by atoms with Crippen LogP contribution in [0.1, 0.15) is 36.5 Å². The number of hydrogen-bond acceptors (Lipinski definition) is 4. The molecule has 21 heavy (non-hydrogen) atoms. The summed E-state index contributed by atoms with van der Waals surface area (Å²) in [4.78, 5) is 12.1. The molecule has 0 aromatic heterocycles. The Kier molecular flexibility index (Phi) is 5.00. The highest BCUT2D eigenvalue weighted by atomic mass is 32.2. The molecular formula is C15H21NO4S. The third-order valence-electron chi connectivity index (χ3n) is 3.78. The molecule has 0 aliphatic heterocycles. The van der Waals surface area contributed by atoms with Crippen molar-refractivity contribution in [2.45, 2.75) is 32.3 Å². The van der Waals surface area contributed by atoms with E-state index in [2.05, 4.69) is 4.72 Å². The Morgan fingerprint density at radius 1 is 1.33 bits per heavy atom.